The van der Waals surface area contributed by atoms with Crippen LogP contribution in [-0.2, 0) is 6.54 Å². The van der Waals surface area contributed by atoms with Crippen molar-refractivity contribution in [3.8, 4) is 0 Å². The Morgan fingerprint density at radius 2 is 2.00 bits per heavy atom. The van der Waals surface area contributed by atoms with E-state index in [2.05, 4.69) is 10.3 Å². The maximum atomic E-state index is 13.5. The van der Waals surface area contributed by atoms with E-state index in [0.29, 0.717) is 16.9 Å². The van der Waals surface area contributed by atoms with Crippen molar-refractivity contribution in [2.24, 2.45) is 0 Å². The quantitative estimate of drug-likeness (QED) is 0.647. The number of H-pyrrole nitrogens is 1. The van der Waals surface area contributed by atoms with Crippen LogP contribution < -0.4 is 11.1 Å². The summed E-state index contributed by atoms with van der Waals surface area (Å²) in [5.41, 5.74) is 8.00. The summed E-state index contributed by atoms with van der Waals surface area (Å²) in [6.07, 6.45) is 0. The largest absolute Gasteiger partial charge is 0.397 e. The molecule has 0 saturated heterocycles. The number of carbonyl (C=O) groups excluding carboxylic acids is 1. The van der Waals surface area contributed by atoms with E-state index in [4.69, 9.17) is 5.73 Å². The Balaban J connectivity index is 1.78. The lowest BCUT2D eigenvalue weighted by Gasteiger charge is -2.04. The molecule has 0 aliphatic rings. The van der Waals surface area contributed by atoms with Crippen molar-refractivity contribution in [2.45, 2.75) is 6.54 Å². The van der Waals surface area contributed by atoms with Crippen molar-refractivity contribution in [1.29, 1.82) is 0 Å². The highest BCUT2D eigenvalue weighted by molar-refractivity contribution is 6.00. The first-order chi connectivity index (χ1) is 10.1. The number of nitrogens with one attached hydrogen (secondary N) is 2. The number of para-hydroxylation sites is 1. The Bertz CT molecular complexity index is 810. The van der Waals surface area contributed by atoms with Crippen molar-refractivity contribution >= 4 is 22.5 Å². The SMILES string of the molecule is Nc1cccc2cc(C(=O)NCc3ccccc3F)[nH]c12. The highest BCUT2D eigenvalue weighted by Crippen LogP contribution is 2.21. The van der Waals surface area contributed by atoms with Gasteiger partial charge in [-0.05, 0) is 18.2 Å². The zero-order chi connectivity index (χ0) is 14.8. The molecule has 0 fully saturated rings. The Hall–Kier alpha value is -2.82. The summed E-state index contributed by atoms with van der Waals surface area (Å²) in [4.78, 5) is 15.1. The van der Waals surface area contributed by atoms with E-state index in [0.717, 1.165) is 10.9 Å². The van der Waals surface area contributed by atoms with Crippen LogP contribution >= 0.6 is 0 Å². The molecule has 0 radical (unpaired) electrons. The smallest absolute Gasteiger partial charge is 0.267 e. The van der Waals surface area contributed by atoms with Gasteiger partial charge in [0.25, 0.3) is 5.91 Å². The Morgan fingerprint density at radius 3 is 2.76 bits per heavy atom. The highest BCUT2D eigenvalue weighted by atomic mass is 19.1. The molecular formula is C16H14FN3O. The van der Waals surface area contributed by atoms with Crippen LogP contribution in [0.15, 0.2) is 48.5 Å². The monoisotopic (exact) mass is 283 g/mol. The van der Waals surface area contributed by atoms with Gasteiger partial charge in [0.05, 0.1) is 11.2 Å². The zero-order valence-electron chi connectivity index (χ0n) is 11.2. The number of aromatic nitrogens is 1. The van der Waals surface area contributed by atoms with Gasteiger partial charge < -0.3 is 16.0 Å². The van der Waals surface area contributed by atoms with Crippen molar-refractivity contribution < 1.29 is 9.18 Å². The van der Waals surface area contributed by atoms with Crippen molar-refractivity contribution in [3.05, 3.63) is 65.6 Å². The first-order valence-electron chi connectivity index (χ1n) is 6.54. The number of hydrogen-bond donors (Lipinski definition) is 3. The van der Waals surface area contributed by atoms with E-state index in [-0.39, 0.29) is 18.3 Å². The van der Waals surface area contributed by atoms with Crippen LogP contribution in [0, 0.1) is 5.82 Å². The standard InChI is InChI=1S/C16H14FN3O/c17-12-6-2-1-4-11(12)9-19-16(21)14-8-10-5-3-7-13(18)15(10)20-14/h1-8,20H,9,18H2,(H,19,21). The molecular weight excluding hydrogens is 269 g/mol. The maximum Gasteiger partial charge on any atom is 0.267 e. The second kappa shape index (κ2) is 5.28. The average molecular weight is 283 g/mol. The fourth-order valence-corrected chi connectivity index (χ4v) is 2.21. The minimum absolute atomic E-state index is 0.135. The summed E-state index contributed by atoms with van der Waals surface area (Å²) < 4.78 is 13.5. The predicted octanol–water partition coefficient (Wildman–Crippen LogP) is 2.82. The molecule has 1 amide bonds. The van der Waals surface area contributed by atoms with Crippen LogP contribution in [0.3, 0.4) is 0 Å². The molecule has 21 heavy (non-hydrogen) atoms. The molecule has 1 aromatic heterocycles. The molecule has 0 saturated carbocycles. The molecule has 0 unspecified atom stereocenters. The highest BCUT2D eigenvalue weighted by Gasteiger charge is 2.11. The number of fused-ring (bicyclic) bond motifs is 1. The maximum absolute atomic E-state index is 13.5. The van der Waals surface area contributed by atoms with Crippen molar-refractivity contribution in [1.82, 2.24) is 10.3 Å². The van der Waals surface area contributed by atoms with Crippen molar-refractivity contribution in [2.75, 3.05) is 5.73 Å². The van der Waals surface area contributed by atoms with E-state index >= 15 is 0 Å². The van der Waals surface area contributed by atoms with E-state index in [9.17, 15) is 9.18 Å². The Morgan fingerprint density at radius 1 is 1.19 bits per heavy atom. The fraction of sp³-hybridized carbons (Fsp3) is 0.0625. The van der Waals surface area contributed by atoms with Crippen LogP contribution in [0.5, 0.6) is 0 Å². The third-order valence-electron chi connectivity index (χ3n) is 3.33. The molecule has 0 spiro atoms. The summed E-state index contributed by atoms with van der Waals surface area (Å²) in [5.74, 6) is -0.632. The van der Waals surface area contributed by atoms with Crippen LogP contribution in [0.2, 0.25) is 0 Å². The number of nitrogen functional groups attached to an aromatic ring is 1. The summed E-state index contributed by atoms with van der Waals surface area (Å²) in [6, 6.07) is 13.5. The van der Waals surface area contributed by atoms with E-state index in [1.807, 2.05) is 12.1 Å². The number of benzene rings is 2. The molecule has 3 aromatic rings. The molecule has 4 N–H and O–H groups in total. The van der Waals surface area contributed by atoms with Gasteiger partial charge in [-0.3, -0.25) is 4.79 Å². The third kappa shape index (κ3) is 2.58. The average Bonchev–Trinajstić information content (AvgIpc) is 2.92. The van der Waals surface area contributed by atoms with Gasteiger partial charge >= 0.3 is 0 Å². The number of hydrogen-bond acceptors (Lipinski definition) is 2. The lowest BCUT2D eigenvalue weighted by atomic mass is 10.2. The van der Waals surface area contributed by atoms with E-state index in [1.165, 1.54) is 6.07 Å². The lowest BCUT2D eigenvalue weighted by Crippen LogP contribution is -2.23. The summed E-state index contributed by atoms with van der Waals surface area (Å²) in [6.45, 7) is 0.135. The van der Waals surface area contributed by atoms with Gasteiger partial charge in [-0.15, -0.1) is 0 Å². The molecule has 0 atom stereocenters. The first-order valence-corrected chi connectivity index (χ1v) is 6.54. The lowest BCUT2D eigenvalue weighted by molar-refractivity contribution is 0.0946. The molecule has 0 aliphatic heterocycles. The van der Waals surface area contributed by atoms with Gasteiger partial charge in [0.15, 0.2) is 0 Å². The number of nitrogens with two attached hydrogens (primary N) is 1. The molecule has 4 nitrogen and oxygen atoms in total. The molecule has 2 aromatic carbocycles. The zero-order valence-corrected chi connectivity index (χ0v) is 11.2. The van der Waals surface area contributed by atoms with E-state index in [1.54, 1.807) is 30.3 Å². The third-order valence-corrected chi connectivity index (χ3v) is 3.33. The molecule has 5 heteroatoms. The second-order valence-corrected chi connectivity index (χ2v) is 4.77. The van der Waals surface area contributed by atoms with Gasteiger partial charge in [0.2, 0.25) is 0 Å². The van der Waals surface area contributed by atoms with Crippen LogP contribution in [0.25, 0.3) is 10.9 Å². The van der Waals surface area contributed by atoms with Gasteiger partial charge in [-0.2, -0.15) is 0 Å². The van der Waals surface area contributed by atoms with Crippen LogP contribution in [-0.4, -0.2) is 10.9 Å². The minimum Gasteiger partial charge on any atom is -0.397 e. The number of amides is 1. The Kier molecular flexibility index (Phi) is 3.31. The molecule has 106 valence electrons. The fourth-order valence-electron chi connectivity index (χ4n) is 2.21. The number of rotatable bonds is 3. The minimum atomic E-state index is -0.335. The number of aromatic amines is 1. The van der Waals surface area contributed by atoms with Crippen molar-refractivity contribution in [3.63, 3.8) is 0 Å². The van der Waals surface area contributed by atoms with Gasteiger partial charge in [-0.25, -0.2) is 4.39 Å². The summed E-state index contributed by atoms with van der Waals surface area (Å²) in [7, 11) is 0. The second-order valence-electron chi connectivity index (χ2n) is 4.77. The molecule has 1 heterocycles. The van der Waals surface area contributed by atoms with Gasteiger partial charge in [0.1, 0.15) is 11.5 Å². The first kappa shape index (κ1) is 13.2. The summed E-state index contributed by atoms with van der Waals surface area (Å²) in [5, 5.41) is 3.55. The van der Waals surface area contributed by atoms with Crippen LogP contribution in [0.1, 0.15) is 16.1 Å². The normalized spacial score (nSPS) is 10.7. The van der Waals surface area contributed by atoms with E-state index < -0.39 is 0 Å². The number of anilines is 1. The molecule has 3 rings (SSSR count). The number of carbonyl (C=O) groups is 1. The van der Waals surface area contributed by atoms with Gasteiger partial charge in [0, 0.05) is 17.5 Å². The number of halogens is 1. The summed E-state index contributed by atoms with van der Waals surface area (Å²) >= 11 is 0. The Labute approximate surface area is 120 Å². The topological polar surface area (TPSA) is 70.9 Å². The molecule has 0 bridgehead atoms. The molecule has 0 aliphatic carbocycles. The van der Waals surface area contributed by atoms with Gasteiger partial charge in [-0.1, -0.05) is 30.3 Å². The predicted molar refractivity (Wildman–Crippen MR) is 80.3 cm³/mol. The van der Waals surface area contributed by atoms with Crippen LogP contribution in [0.4, 0.5) is 10.1 Å².